The Morgan fingerprint density at radius 2 is 1.25 bits per heavy atom. The highest BCUT2D eigenvalue weighted by Crippen LogP contribution is 2.61. The molecule has 0 spiro atoms. The third-order valence-corrected chi connectivity index (χ3v) is 6.69. The largest absolute Gasteiger partial charge is 0.354 e. The number of ketones is 1. The van der Waals surface area contributed by atoms with Crippen LogP contribution < -0.4 is 5.32 Å². The highest BCUT2D eigenvalue weighted by atomic mass is 16.5. The summed E-state index contributed by atoms with van der Waals surface area (Å²) in [6.45, 7) is 3.49. The van der Waals surface area contributed by atoms with Gasteiger partial charge in [-0.05, 0) is 31.1 Å². The Morgan fingerprint density at radius 1 is 0.812 bits per heavy atom. The molecule has 1 aliphatic rings. The maximum absolute atomic E-state index is 14.2. The lowest BCUT2D eigenvalue weighted by atomic mass is 9.54. The molecule has 0 saturated carbocycles. The zero-order chi connectivity index (χ0) is 22.8. The zero-order valence-corrected chi connectivity index (χ0v) is 18.5. The molecule has 1 saturated heterocycles. The molecule has 4 nitrogen and oxygen atoms in total. The first-order valence-corrected chi connectivity index (χ1v) is 10.7. The average molecular weight is 426 g/mol. The third kappa shape index (κ3) is 2.94. The smallest absolute Gasteiger partial charge is 0.238 e. The van der Waals surface area contributed by atoms with Crippen molar-refractivity contribution >= 4 is 11.7 Å². The van der Waals surface area contributed by atoms with Crippen LogP contribution in [0.1, 0.15) is 30.5 Å². The second kappa shape index (κ2) is 8.21. The summed E-state index contributed by atoms with van der Waals surface area (Å²) in [6.07, 6.45) is 3.38. The average Bonchev–Trinajstić information content (AvgIpc) is 3.04. The molecule has 0 radical (unpaired) electrons. The van der Waals surface area contributed by atoms with Crippen molar-refractivity contribution in [2.45, 2.75) is 25.0 Å². The summed E-state index contributed by atoms with van der Waals surface area (Å²) in [5.41, 5.74) is -0.887. The lowest BCUT2D eigenvalue weighted by Gasteiger charge is -2.48. The van der Waals surface area contributed by atoms with E-state index in [4.69, 9.17) is 4.74 Å². The predicted octanol–water partition coefficient (Wildman–Crippen LogP) is 4.75. The van der Waals surface area contributed by atoms with Crippen LogP contribution in [0.4, 0.5) is 0 Å². The molecule has 4 heteroatoms. The van der Waals surface area contributed by atoms with Gasteiger partial charge < -0.3 is 10.1 Å². The van der Waals surface area contributed by atoms with E-state index in [1.54, 1.807) is 7.11 Å². The second-order valence-electron chi connectivity index (χ2n) is 8.33. The van der Waals surface area contributed by atoms with Crippen LogP contribution >= 0.6 is 0 Å². The van der Waals surface area contributed by atoms with Crippen molar-refractivity contribution in [2.75, 3.05) is 7.11 Å². The molecule has 1 fully saturated rings. The highest BCUT2D eigenvalue weighted by Gasteiger charge is 2.71. The number of benzene rings is 3. The fourth-order valence-electron chi connectivity index (χ4n) is 5.24. The molecule has 2 atom stereocenters. The molecule has 3 aromatic carbocycles. The van der Waals surface area contributed by atoms with Crippen molar-refractivity contribution in [2.24, 2.45) is 5.41 Å². The number of methoxy groups -OCH3 is 1. The fraction of sp³-hybridized carbons (Fsp3) is 0.214. The van der Waals surface area contributed by atoms with Gasteiger partial charge in [-0.2, -0.15) is 0 Å². The quantitative estimate of drug-likeness (QED) is 0.580. The monoisotopic (exact) mass is 425 g/mol. The molecule has 1 heterocycles. The first-order valence-electron chi connectivity index (χ1n) is 10.7. The standard InChI is InChI=1S/C28H27NO3/c1-21(30)19-20-26(2)27(22-13-7-4-8-14-22,23-15-9-5-10-16-23)25(31)29-28(26,32-3)24-17-11-6-12-18-24/h4-20H,1-3H3,(H,29,31)/b20-19+/t26-,28-/m1/s1. The van der Waals surface area contributed by atoms with Gasteiger partial charge in [-0.3, -0.25) is 9.59 Å². The van der Waals surface area contributed by atoms with Gasteiger partial charge in [0, 0.05) is 12.7 Å². The third-order valence-electron chi connectivity index (χ3n) is 6.69. The van der Waals surface area contributed by atoms with E-state index in [9.17, 15) is 9.59 Å². The summed E-state index contributed by atoms with van der Waals surface area (Å²) >= 11 is 0. The topological polar surface area (TPSA) is 55.4 Å². The SMILES string of the molecule is CO[C@@]1(c2ccccc2)NC(=O)C(c2ccccc2)(c2ccccc2)[C@@]1(C)/C=C/C(C)=O. The number of amides is 1. The van der Waals surface area contributed by atoms with Crippen molar-refractivity contribution in [3.63, 3.8) is 0 Å². The summed E-state index contributed by atoms with van der Waals surface area (Å²) in [4.78, 5) is 26.3. The van der Waals surface area contributed by atoms with Crippen LogP contribution in [0.3, 0.4) is 0 Å². The molecule has 1 aliphatic heterocycles. The molecule has 1 amide bonds. The van der Waals surface area contributed by atoms with Crippen LogP contribution in [0, 0.1) is 5.41 Å². The summed E-state index contributed by atoms with van der Waals surface area (Å²) < 4.78 is 6.21. The predicted molar refractivity (Wildman–Crippen MR) is 125 cm³/mol. The molecule has 0 unspecified atom stereocenters. The number of carbonyl (C=O) groups is 2. The lowest BCUT2D eigenvalue weighted by Crippen LogP contribution is -2.54. The molecule has 0 aliphatic carbocycles. The molecule has 162 valence electrons. The van der Waals surface area contributed by atoms with Crippen LogP contribution in [-0.4, -0.2) is 18.8 Å². The van der Waals surface area contributed by atoms with E-state index in [-0.39, 0.29) is 11.7 Å². The van der Waals surface area contributed by atoms with E-state index in [2.05, 4.69) is 5.32 Å². The van der Waals surface area contributed by atoms with E-state index >= 15 is 0 Å². The Morgan fingerprint density at radius 3 is 1.66 bits per heavy atom. The number of rotatable bonds is 6. The van der Waals surface area contributed by atoms with E-state index in [0.29, 0.717) is 0 Å². The number of nitrogens with one attached hydrogen (secondary N) is 1. The normalized spacial score (nSPS) is 24.4. The van der Waals surface area contributed by atoms with Crippen molar-refractivity contribution in [1.82, 2.24) is 5.32 Å². The molecule has 4 rings (SSSR count). The van der Waals surface area contributed by atoms with E-state index in [1.807, 2.05) is 104 Å². The van der Waals surface area contributed by atoms with Crippen LogP contribution in [0.2, 0.25) is 0 Å². The lowest BCUT2D eigenvalue weighted by molar-refractivity contribution is -0.126. The highest BCUT2D eigenvalue weighted by molar-refractivity contribution is 5.98. The van der Waals surface area contributed by atoms with Gasteiger partial charge in [0.15, 0.2) is 11.5 Å². The van der Waals surface area contributed by atoms with Crippen LogP contribution in [-0.2, 0) is 25.5 Å². The summed E-state index contributed by atoms with van der Waals surface area (Å²) in [6, 6.07) is 29.1. The summed E-state index contributed by atoms with van der Waals surface area (Å²) in [5, 5.41) is 3.21. The second-order valence-corrected chi connectivity index (χ2v) is 8.33. The Bertz CT molecular complexity index is 1100. The summed E-state index contributed by atoms with van der Waals surface area (Å²) in [5.74, 6) is -0.282. The first kappa shape index (κ1) is 21.7. The van der Waals surface area contributed by atoms with Crippen LogP contribution in [0.25, 0.3) is 0 Å². The van der Waals surface area contributed by atoms with E-state index in [1.165, 1.54) is 13.0 Å². The van der Waals surface area contributed by atoms with E-state index in [0.717, 1.165) is 16.7 Å². The minimum atomic E-state index is -1.21. The van der Waals surface area contributed by atoms with Gasteiger partial charge in [0.1, 0.15) is 5.41 Å². The van der Waals surface area contributed by atoms with Crippen LogP contribution in [0.15, 0.2) is 103 Å². The fourth-order valence-corrected chi connectivity index (χ4v) is 5.24. The number of allylic oxidation sites excluding steroid dienone is 1. The molecule has 0 bridgehead atoms. The van der Waals surface area contributed by atoms with Crippen molar-refractivity contribution in [3.05, 3.63) is 120 Å². The van der Waals surface area contributed by atoms with Gasteiger partial charge >= 0.3 is 0 Å². The van der Waals surface area contributed by atoms with Crippen molar-refractivity contribution in [1.29, 1.82) is 0 Å². The Kier molecular flexibility index (Phi) is 5.57. The number of carbonyl (C=O) groups excluding carboxylic acids is 2. The van der Waals surface area contributed by atoms with Gasteiger partial charge in [-0.1, -0.05) is 97.1 Å². The number of hydrogen-bond acceptors (Lipinski definition) is 3. The number of ether oxygens (including phenoxy) is 1. The number of hydrogen-bond donors (Lipinski definition) is 1. The van der Waals surface area contributed by atoms with E-state index < -0.39 is 16.6 Å². The molecular weight excluding hydrogens is 398 g/mol. The molecule has 1 N–H and O–H groups in total. The zero-order valence-electron chi connectivity index (χ0n) is 18.5. The van der Waals surface area contributed by atoms with Crippen molar-refractivity contribution in [3.8, 4) is 0 Å². The first-order chi connectivity index (χ1) is 15.4. The van der Waals surface area contributed by atoms with Gasteiger partial charge in [0.2, 0.25) is 5.91 Å². The Balaban J connectivity index is 2.15. The Labute approximate surface area is 188 Å². The molecular formula is C28H27NO3. The van der Waals surface area contributed by atoms with Gasteiger partial charge in [-0.15, -0.1) is 0 Å². The molecule has 3 aromatic rings. The minimum absolute atomic E-state index is 0.0985. The van der Waals surface area contributed by atoms with Crippen LogP contribution in [0.5, 0.6) is 0 Å². The summed E-state index contributed by atoms with van der Waals surface area (Å²) in [7, 11) is 1.60. The Hall–Kier alpha value is -3.50. The minimum Gasteiger partial charge on any atom is -0.354 e. The maximum atomic E-state index is 14.2. The van der Waals surface area contributed by atoms with Gasteiger partial charge in [-0.25, -0.2) is 0 Å². The van der Waals surface area contributed by atoms with Gasteiger partial charge in [0.25, 0.3) is 0 Å². The van der Waals surface area contributed by atoms with Crippen molar-refractivity contribution < 1.29 is 14.3 Å². The van der Waals surface area contributed by atoms with Gasteiger partial charge in [0.05, 0.1) is 5.41 Å². The molecule has 32 heavy (non-hydrogen) atoms. The maximum Gasteiger partial charge on any atom is 0.238 e. The molecule has 0 aromatic heterocycles.